The number of aliphatic hydroxyl groups is 1. The van der Waals surface area contributed by atoms with E-state index in [-0.39, 0.29) is 24.8 Å². The predicted molar refractivity (Wildman–Crippen MR) is 125 cm³/mol. The van der Waals surface area contributed by atoms with Gasteiger partial charge in [0.25, 0.3) is 5.91 Å². The quantitative estimate of drug-likeness (QED) is 0.355. The molecule has 0 fully saturated rings. The van der Waals surface area contributed by atoms with Gasteiger partial charge in [0.2, 0.25) is 0 Å². The van der Waals surface area contributed by atoms with Crippen LogP contribution in [0, 0.1) is 0 Å². The largest absolute Gasteiger partial charge is 0.491 e. The number of furan rings is 2. The molecular weight excluding hydrogens is 418 g/mol. The third kappa shape index (κ3) is 4.61. The Morgan fingerprint density at radius 2 is 1.70 bits per heavy atom. The molecule has 0 bridgehead atoms. The number of rotatable bonds is 8. The summed E-state index contributed by atoms with van der Waals surface area (Å²) >= 11 is 0. The van der Waals surface area contributed by atoms with Crippen molar-refractivity contribution in [3.8, 4) is 5.75 Å². The number of para-hydroxylation sites is 1. The summed E-state index contributed by atoms with van der Waals surface area (Å²) < 4.78 is 17.0. The van der Waals surface area contributed by atoms with Crippen LogP contribution in [0.1, 0.15) is 16.1 Å². The summed E-state index contributed by atoms with van der Waals surface area (Å²) in [6, 6.07) is 26.3. The predicted octanol–water partition coefficient (Wildman–Crippen LogP) is 5.26. The van der Waals surface area contributed by atoms with Gasteiger partial charge in [-0.15, -0.1) is 0 Å². The summed E-state index contributed by atoms with van der Waals surface area (Å²) in [6.07, 6.45) is 0.577. The summed E-state index contributed by atoms with van der Waals surface area (Å²) in [5.74, 6) is 0.575. The van der Waals surface area contributed by atoms with E-state index >= 15 is 0 Å². The zero-order valence-corrected chi connectivity index (χ0v) is 17.9. The average molecular weight is 441 g/mol. The van der Waals surface area contributed by atoms with Crippen molar-refractivity contribution in [1.29, 1.82) is 0 Å². The molecule has 0 aliphatic rings. The van der Waals surface area contributed by atoms with Crippen molar-refractivity contribution in [3.05, 3.63) is 103 Å². The summed E-state index contributed by atoms with van der Waals surface area (Å²) in [6.45, 7) is 0.494. The minimum Gasteiger partial charge on any atom is -0.491 e. The fraction of sp³-hybridized carbons (Fsp3) is 0.148. The Hall–Kier alpha value is -4.03. The van der Waals surface area contributed by atoms with Gasteiger partial charge < -0.3 is 23.6 Å². The van der Waals surface area contributed by atoms with Crippen LogP contribution in [0.2, 0.25) is 0 Å². The Bertz CT molecular complexity index is 1360. The lowest BCUT2D eigenvalue weighted by molar-refractivity contribution is 0.0459. The smallest absolute Gasteiger partial charge is 0.289 e. The highest BCUT2D eigenvalue weighted by Crippen LogP contribution is 2.31. The molecule has 0 unspecified atom stereocenters. The Kier molecular flexibility index (Phi) is 5.83. The SMILES string of the molecule is O=C(c1ccco1)N(Cc1ccccc1)C[C@H](O)COc1ccc2oc3ccccc3c2c1. The van der Waals surface area contributed by atoms with Gasteiger partial charge in [0, 0.05) is 17.3 Å². The number of nitrogens with zero attached hydrogens (tertiary/aromatic N) is 1. The lowest BCUT2D eigenvalue weighted by Crippen LogP contribution is -2.39. The van der Waals surface area contributed by atoms with Crippen LogP contribution in [0.15, 0.2) is 100 Å². The van der Waals surface area contributed by atoms with Crippen molar-refractivity contribution >= 4 is 27.8 Å². The molecule has 1 amide bonds. The maximum absolute atomic E-state index is 12.9. The standard InChI is InChI=1S/C27H23NO5/c29-20(17-28(16-19-7-2-1-3-8-19)27(30)26-11-6-14-31-26)18-32-21-12-13-25-23(15-21)22-9-4-5-10-24(22)33-25/h1-15,20,29H,16-18H2/t20-/m0/s1. The van der Waals surface area contributed by atoms with Gasteiger partial charge >= 0.3 is 0 Å². The Morgan fingerprint density at radius 1 is 0.909 bits per heavy atom. The maximum atomic E-state index is 12.9. The first-order valence-electron chi connectivity index (χ1n) is 10.8. The summed E-state index contributed by atoms with van der Waals surface area (Å²) in [5, 5.41) is 12.6. The third-order valence-corrected chi connectivity index (χ3v) is 5.46. The number of fused-ring (bicyclic) bond motifs is 3. The molecule has 2 aromatic heterocycles. The van der Waals surface area contributed by atoms with E-state index in [4.69, 9.17) is 13.6 Å². The van der Waals surface area contributed by atoms with Crippen LogP contribution in [0.5, 0.6) is 5.75 Å². The number of benzene rings is 3. The van der Waals surface area contributed by atoms with E-state index in [1.807, 2.05) is 72.8 Å². The minimum absolute atomic E-state index is 0.0397. The molecule has 6 heteroatoms. The molecule has 6 nitrogen and oxygen atoms in total. The van der Waals surface area contributed by atoms with Gasteiger partial charge in [-0.2, -0.15) is 0 Å². The van der Waals surface area contributed by atoms with Crippen molar-refractivity contribution in [2.75, 3.05) is 13.2 Å². The fourth-order valence-corrected chi connectivity index (χ4v) is 3.87. The molecule has 33 heavy (non-hydrogen) atoms. The van der Waals surface area contributed by atoms with Crippen LogP contribution in [0.4, 0.5) is 0 Å². The molecule has 1 N–H and O–H groups in total. The van der Waals surface area contributed by atoms with E-state index < -0.39 is 6.10 Å². The molecule has 3 aromatic carbocycles. The van der Waals surface area contributed by atoms with E-state index in [9.17, 15) is 9.90 Å². The van der Waals surface area contributed by atoms with Gasteiger partial charge in [0.1, 0.15) is 29.6 Å². The topological polar surface area (TPSA) is 76.1 Å². The van der Waals surface area contributed by atoms with Crippen molar-refractivity contribution in [3.63, 3.8) is 0 Å². The van der Waals surface area contributed by atoms with Gasteiger partial charge in [-0.1, -0.05) is 48.5 Å². The molecule has 0 saturated heterocycles. The number of ether oxygens (including phenoxy) is 1. The zero-order valence-electron chi connectivity index (χ0n) is 17.9. The summed E-state index contributed by atoms with van der Waals surface area (Å²) in [4.78, 5) is 14.5. The summed E-state index contributed by atoms with van der Waals surface area (Å²) in [5.41, 5.74) is 2.56. The van der Waals surface area contributed by atoms with Gasteiger partial charge in [0.05, 0.1) is 12.8 Å². The molecule has 0 saturated carbocycles. The van der Waals surface area contributed by atoms with E-state index in [0.29, 0.717) is 12.3 Å². The molecule has 0 spiro atoms. The van der Waals surface area contributed by atoms with Crippen molar-refractivity contribution in [1.82, 2.24) is 4.90 Å². The molecule has 0 aliphatic heterocycles. The highest BCUT2D eigenvalue weighted by Gasteiger charge is 2.22. The first-order valence-corrected chi connectivity index (χ1v) is 10.8. The maximum Gasteiger partial charge on any atom is 0.289 e. The van der Waals surface area contributed by atoms with Gasteiger partial charge in [0.15, 0.2) is 5.76 Å². The van der Waals surface area contributed by atoms with Gasteiger partial charge in [-0.25, -0.2) is 0 Å². The second-order valence-corrected chi connectivity index (χ2v) is 7.87. The molecule has 5 aromatic rings. The number of carbonyl (C=O) groups is 1. The van der Waals surface area contributed by atoms with Crippen LogP contribution in [-0.2, 0) is 6.54 Å². The Morgan fingerprint density at radius 3 is 2.52 bits per heavy atom. The van der Waals surface area contributed by atoms with Crippen LogP contribution in [0.3, 0.4) is 0 Å². The van der Waals surface area contributed by atoms with Crippen LogP contribution in [-0.4, -0.2) is 35.2 Å². The lowest BCUT2D eigenvalue weighted by atomic mass is 10.1. The first-order chi connectivity index (χ1) is 16.2. The first kappa shape index (κ1) is 20.8. The molecule has 0 radical (unpaired) electrons. The molecule has 1 atom stereocenters. The third-order valence-electron chi connectivity index (χ3n) is 5.46. The number of hydrogen-bond acceptors (Lipinski definition) is 5. The van der Waals surface area contributed by atoms with E-state index in [1.54, 1.807) is 17.0 Å². The van der Waals surface area contributed by atoms with Crippen LogP contribution < -0.4 is 4.74 Å². The average Bonchev–Trinajstić information content (AvgIpc) is 3.51. The molecule has 5 rings (SSSR count). The van der Waals surface area contributed by atoms with Crippen molar-refractivity contribution in [2.24, 2.45) is 0 Å². The fourth-order valence-electron chi connectivity index (χ4n) is 3.87. The van der Waals surface area contributed by atoms with Crippen LogP contribution >= 0.6 is 0 Å². The summed E-state index contributed by atoms with van der Waals surface area (Å²) in [7, 11) is 0. The van der Waals surface area contributed by atoms with Crippen molar-refractivity contribution in [2.45, 2.75) is 12.6 Å². The second-order valence-electron chi connectivity index (χ2n) is 7.87. The molecular formula is C27H23NO5. The highest BCUT2D eigenvalue weighted by molar-refractivity contribution is 6.05. The van der Waals surface area contributed by atoms with E-state index in [0.717, 1.165) is 27.5 Å². The zero-order chi connectivity index (χ0) is 22.6. The second kappa shape index (κ2) is 9.22. The van der Waals surface area contributed by atoms with Gasteiger partial charge in [-0.05, 0) is 42.0 Å². The van der Waals surface area contributed by atoms with Gasteiger partial charge in [-0.3, -0.25) is 4.79 Å². The van der Waals surface area contributed by atoms with Crippen LogP contribution in [0.25, 0.3) is 21.9 Å². The number of carbonyl (C=O) groups excluding carboxylic acids is 1. The van der Waals surface area contributed by atoms with E-state index in [2.05, 4.69) is 0 Å². The Balaban J connectivity index is 1.28. The normalized spacial score (nSPS) is 12.2. The highest BCUT2D eigenvalue weighted by atomic mass is 16.5. The minimum atomic E-state index is -0.885. The Labute approximate surface area is 190 Å². The number of hydrogen-bond donors (Lipinski definition) is 1. The monoisotopic (exact) mass is 441 g/mol. The number of aliphatic hydroxyl groups excluding tert-OH is 1. The van der Waals surface area contributed by atoms with Crippen molar-refractivity contribution < 1.29 is 23.5 Å². The molecule has 166 valence electrons. The van der Waals surface area contributed by atoms with E-state index in [1.165, 1.54) is 6.26 Å². The number of amides is 1. The molecule has 0 aliphatic carbocycles. The lowest BCUT2D eigenvalue weighted by Gasteiger charge is -2.25. The molecule has 2 heterocycles.